The lowest BCUT2D eigenvalue weighted by molar-refractivity contribution is -0.121. The third-order valence-electron chi connectivity index (χ3n) is 5.23. The Kier molecular flexibility index (Phi) is 6.95. The van der Waals surface area contributed by atoms with Gasteiger partial charge in [0.25, 0.3) is 10.0 Å². The van der Waals surface area contributed by atoms with E-state index in [9.17, 15) is 18.0 Å². The number of thioether (sulfide) groups is 1. The van der Waals surface area contributed by atoms with E-state index in [2.05, 4.69) is 4.72 Å². The molecule has 0 bridgehead atoms. The topological polar surface area (TPSA) is 92.8 Å². The van der Waals surface area contributed by atoms with Crippen molar-refractivity contribution in [3.05, 3.63) is 78.4 Å². The lowest BCUT2D eigenvalue weighted by Gasteiger charge is -2.15. The van der Waals surface area contributed by atoms with Crippen molar-refractivity contribution in [3.63, 3.8) is 0 Å². The predicted octanol–water partition coefficient (Wildman–Crippen LogP) is 4.62. The summed E-state index contributed by atoms with van der Waals surface area (Å²) in [5.41, 5.74) is 1.90. The average molecular weight is 497 g/mol. The van der Waals surface area contributed by atoms with Crippen molar-refractivity contribution in [2.75, 3.05) is 16.2 Å². The molecule has 9 heteroatoms. The minimum Gasteiger partial charge on any atom is -0.494 e. The van der Waals surface area contributed by atoms with Crippen LogP contribution in [0.3, 0.4) is 0 Å². The van der Waals surface area contributed by atoms with Crippen molar-refractivity contribution in [2.45, 2.75) is 35.3 Å². The number of carbonyl (C=O) groups is 2. The molecule has 4 rings (SSSR count). The number of hydrogen-bond donors (Lipinski definition) is 1. The van der Waals surface area contributed by atoms with Crippen LogP contribution in [0.5, 0.6) is 5.75 Å². The molecular formula is C25H24N2O5S2. The minimum absolute atomic E-state index is 0.0958. The van der Waals surface area contributed by atoms with E-state index in [1.807, 2.05) is 13.8 Å². The van der Waals surface area contributed by atoms with Gasteiger partial charge >= 0.3 is 0 Å². The third-order valence-corrected chi connectivity index (χ3v) is 7.82. The van der Waals surface area contributed by atoms with E-state index in [0.717, 1.165) is 10.5 Å². The summed E-state index contributed by atoms with van der Waals surface area (Å²) in [7, 11) is -3.70. The molecule has 34 heavy (non-hydrogen) atoms. The van der Waals surface area contributed by atoms with Crippen molar-refractivity contribution in [3.8, 4) is 5.75 Å². The van der Waals surface area contributed by atoms with Crippen molar-refractivity contribution in [1.82, 2.24) is 0 Å². The second-order valence-electron chi connectivity index (χ2n) is 7.75. The van der Waals surface area contributed by atoms with Gasteiger partial charge in [-0.25, -0.2) is 13.3 Å². The van der Waals surface area contributed by atoms with E-state index in [1.165, 1.54) is 16.7 Å². The van der Waals surface area contributed by atoms with Gasteiger partial charge in [0.05, 0.1) is 22.4 Å². The fourth-order valence-corrected chi connectivity index (χ4v) is 5.64. The SMILES string of the molecule is CCOc1ccc(N2C(=O)CC(Sc3ccc(NS(=O)(=O)c4ccc(C)cc4)cc3)C2=O)cc1. The second-order valence-corrected chi connectivity index (χ2v) is 10.7. The minimum atomic E-state index is -3.70. The molecule has 1 aliphatic rings. The van der Waals surface area contributed by atoms with Gasteiger partial charge in [0.2, 0.25) is 11.8 Å². The summed E-state index contributed by atoms with van der Waals surface area (Å²) < 4.78 is 33.1. The monoisotopic (exact) mass is 496 g/mol. The Labute approximate surface area is 203 Å². The number of imide groups is 1. The molecule has 1 N–H and O–H groups in total. The maximum atomic E-state index is 12.9. The molecule has 0 aromatic heterocycles. The largest absolute Gasteiger partial charge is 0.494 e. The summed E-state index contributed by atoms with van der Waals surface area (Å²) in [6, 6.07) is 20.2. The maximum Gasteiger partial charge on any atom is 0.261 e. The van der Waals surface area contributed by atoms with Gasteiger partial charge in [0.1, 0.15) is 5.75 Å². The first-order valence-electron chi connectivity index (χ1n) is 10.7. The van der Waals surface area contributed by atoms with Gasteiger partial charge in [-0.2, -0.15) is 0 Å². The first kappa shape index (κ1) is 23.8. The summed E-state index contributed by atoms with van der Waals surface area (Å²) in [6.45, 7) is 4.31. The Hall–Kier alpha value is -3.30. The predicted molar refractivity (Wildman–Crippen MR) is 133 cm³/mol. The number of carbonyl (C=O) groups excluding carboxylic acids is 2. The van der Waals surface area contributed by atoms with Gasteiger partial charge in [-0.1, -0.05) is 17.7 Å². The van der Waals surface area contributed by atoms with Crippen molar-refractivity contribution in [1.29, 1.82) is 0 Å². The standard InChI is InChI=1S/C25H24N2O5S2/c1-3-32-20-10-8-19(9-11-20)27-24(28)16-23(25(27)29)33-21-12-6-18(7-13-21)26-34(30,31)22-14-4-17(2)5-15-22/h4-15,23,26H,3,16H2,1-2H3. The molecule has 3 aromatic carbocycles. The first-order valence-corrected chi connectivity index (χ1v) is 13.1. The molecule has 0 aliphatic carbocycles. The maximum absolute atomic E-state index is 12.9. The quantitative estimate of drug-likeness (QED) is 0.458. The van der Waals surface area contributed by atoms with Crippen LogP contribution in [0.2, 0.25) is 0 Å². The van der Waals surface area contributed by atoms with E-state index in [1.54, 1.807) is 72.8 Å². The number of nitrogens with one attached hydrogen (secondary N) is 1. The molecule has 0 radical (unpaired) electrons. The molecule has 1 atom stereocenters. The van der Waals surface area contributed by atoms with Gasteiger partial charge in [-0.3, -0.25) is 14.3 Å². The Morgan fingerprint density at radius 1 is 0.971 bits per heavy atom. The summed E-state index contributed by atoms with van der Waals surface area (Å²) in [4.78, 5) is 27.6. The zero-order valence-electron chi connectivity index (χ0n) is 18.7. The van der Waals surface area contributed by atoms with Crippen LogP contribution in [-0.4, -0.2) is 32.1 Å². The highest BCUT2D eigenvalue weighted by molar-refractivity contribution is 8.00. The molecule has 1 heterocycles. The van der Waals surface area contributed by atoms with Crippen LogP contribution >= 0.6 is 11.8 Å². The fourth-order valence-electron chi connectivity index (χ4n) is 3.52. The van der Waals surface area contributed by atoms with Crippen molar-refractivity contribution < 1.29 is 22.7 Å². The average Bonchev–Trinajstić information content (AvgIpc) is 3.09. The summed E-state index contributed by atoms with van der Waals surface area (Å²) in [6.07, 6.45) is 0.0958. The van der Waals surface area contributed by atoms with E-state index in [4.69, 9.17) is 4.74 Å². The van der Waals surface area contributed by atoms with Crippen molar-refractivity contribution >= 4 is 45.0 Å². The van der Waals surface area contributed by atoms with Crippen LogP contribution in [0, 0.1) is 6.92 Å². The zero-order chi connectivity index (χ0) is 24.3. The second kappa shape index (κ2) is 9.90. The smallest absolute Gasteiger partial charge is 0.261 e. The Morgan fingerprint density at radius 3 is 2.24 bits per heavy atom. The molecule has 1 aliphatic heterocycles. The Morgan fingerprint density at radius 2 is 1.62 bits per heavy atom. The molecule has 0 spiro atoms. The highest BCUT2D eigenvalue weighted by atomic mass is 32.2. The number of anilines is 2. The molecule has 7 nitrogen and oxygen atoms in total. The number of sulfonamides is 1. The van der Waals surface area contributed by atoms with E-state index >= 15 is 0 Å². The fraction of sp³-hybridized carbons (Fsp3) is 0.200. The van der Waals surface area contributed by atoms with Gasteiger partial charge < -0.3 is 4.74 Å². The zero-order valence-corrected chi connectivity index (χ0v) is 20.4. The molecule has 1 saturated heterocycles. The number of rotatable bonds is 8. The first-order chi connectivity index (χ1) is 16.3. The van der Waals surface area contributed by atoms with Gasteiger partial charge in [0.15, 0.2) is 0 Å². The van der Waals surface area contributed by atoms with Crippen LogP contribution in [0.4, 0.5) is 11.4 Å². The summed E-state index contributed by atoms with van der Waals surface area (Å²) in [5.74, 6) is 0.145. The normalized spacial score (nSPS) is 16.1. The van der Waals surface area contributed by atoms with Gasteiger partial charge in [-0.15, -0.1) is 11.8 Å². The molecule has 1 fully saturated rings. The van der Waals surface area contributed by atoms with Gasteiger partial charge in [-0.05, 0) is 74.5 Å². The molecule has 176 valence electrons. The highest BCUT2D eigenvalue weighted by Crippen LogP contribution is 2.35. The van der Waals surface area contributed by atoms with Crippen molar-refractivity contribution in [2.24, 2.45) is 0 Å². The number of hydrogen-bond acceptors (Lipinski definition) is 6. The van der Waals surface area contributed by atoms with Gasteiger partial charge in [0, 0.05) is 17.0 Å². The number of amides is 2. The summed E-state index contributed by atoms with van der Waals surface area (Å²) in [5, 5.41) is -0.547. The molecule has 0 saturated carbocycles. The number of benzene rings is 3. The van der Waals surface area contributed by atoms with E-state index in [0.29, 0.717) is 23.7 Å². The van der Waals surface area contributed by atoms with Crippen LogP contribution in [-0.2, 0) is 19.6 Å². The molecule has 3 aromatic rings. The molecular weight excluding hydrogens is 472 g/mol. The van der Waals surface area contributed by atoms with Crippen LogP contribution in [0.1, 0.15) is 18.9 Å². The lowest BCUT2D eigenvalue weighted by atomic mass is 10.2. The Bertz CT molecular complexity index is 1290. The lowest BCUT2D eigenvalue weighted by Crippen LogP contribution is -2.31. The number of nitrogens with zero attached hydrogens (tertiary/aromatic N) is 1. The highest BCUT2D eigenvalue weighted by Gasteiger charge is 2.40. The number of ether oxygens (including phenoxy) is 1. The van der Waals surface area contributed by atoms with Crippen LogP contribution in [0.15, 0.2) is 82.6 Å². The molecule has 1 unspecified atom stereocenters. The third kappa shape index (κ3) is 5.26. The number of aryl methyl sites for hydroxylation is 1. The Balaban J connectivity index is 1.41. The molecule has 2 amide bonds. The van der Waals surface area contributed by atoms with E-state index < -0.39 is 15.3 Å². The summed E-state index contributed by atoms with van der Waals surface area (Å²) >= 11 is 1.28. The van der Waals surface area contributed by atoms with Crippen LogP contribution in [0.25, 0.3) is 0 Å². The van der Waals surface area contributed by atoms with E-state index in [-0.39, 0.29) is 23.1 Å². The van der Waals surface area contributed by atoms with Crippen LogP contribution < -0.4 is 14.4 Å².